The second-order valence-corrected chi connectivity index (χ2v) is 4.88. The molecule has 0 saturated heterocycles. The fourth-order valence-electron chi connectivity index (χ4n) is 2.09. The summed E-state index contributed by atoms with van der Waals surface area (Å²) in [6.45, 7) is 1.64. The van der Waals surface area contributed by atoms with Crippen molar-refractivity contribution >= 4 is 11.6 Å². The Labute approximate surface area is 122 Å². The minimum atomic E-state index is -0.602. The summed E-state index contributed by atoms with van der Waals surface area (Å²) in [4.78, 5) is 13.7. The minimum absolute atomic E-state index is 0.134. The molecular weight excluding hydrogens is 274 g/mol. The van der Waals surface area contributed by atoms with Crippen LogP contribution in [0.2, 0.25) is 0 Å². The van der Waals surface area contributed by atoms with E-state index in [2.05, 4.69) is 0 Å². The van der Waals surface area contributed by atoms with Crippen molar-refractivity contribution in [3.8, 4) is 0 Å². The first-order valence-electron chi connectivity index (χ1n) is 6.48. The number of anilines is 1. The van der Waals surface area contributed by atoms with Gasteiger partial charge in [0.05, 0.1) is 6.04 Å². The Morgan fingerprint density at radius 1 is 1.19 bits per heavy atom. The summed E-state index contributed by atoms with van der Waals surface area (Å²) in [5.74, 6) is -1.39. The highest BCUT2D eigenvalue weighted by Crippen LogP contribution is 2.24. The molecular formula is C16H16F2N2O. The standard InChI is InChI=1S/C16H16F2N2O/c1-10(14-9-12(17)6-7-15(14)18)20(2)16(21)11-4-3-5-13(19)8-11/h3-10H,19H2,1-2H3. The molecule has 1 amide bonds. The Balaban J connectivity index is 2.28. The van der Waals surface area contributed by atoms with E-state index in [9.17, 15) is 13.6 Å². The van der Waals surface area contributed by atoms with Gasteiger partial charge in [-0.2, -0.15) is 0 Å². The van der Waals surface area contributed by atoms with Crippen LogP contribution in [-0.4, -0.2) is 17.9 Å². The maximum Gasteiger partial charge on any atom is 0.254 e. The van der Waals surface area contributed by atoms with E-state index in [-0.39, 0.29) is 11.5 Å². The van der Waals surface area contributed by atoms with Gasteiger partial charge in [0.25, 0.3) is 5.91 Å². The number of hydrogen-bond acceptors (Lipinski definition) is 2. The Bertz CT molecular complexity index is 673. The van der Waals surface area contributed by atoms with Crippen LogP contribution in [0.4, 0.5) is 14.5 Å². The van der Waals surface area contributed by atoms with Gasteiger partial charge >= 0.3 is 0 Å². The lowest BCUT2D eigenvalue weighted by atomic mass is 10.1. The number of rotatable bonds is 3. The van der Waals surface area contributed by atoms with Crippen LogP contribution in [0.25, 0.3) is 0 Å². The second kappa shape index (κ2) is 5.91. The highest BCUT2D eigenvalue weighted by atomic mass is 19.1. The number of nitrogen functional groups attached to an aromatic ring is 1. The van der Waals surface area contributed by atoms with Gasteiger partial charge in [-0.05, 0) is 43.3 Å². The Morgan fingerprint density at radius 2 is 1.90 bits per heavy atom. The summed E-state index contributed by atoms with van der Waals surface area (Å²) in [5, 5.41) is 0. The van der Waals surface area contributed by atoms with E-state index in [0.717, 1.165) is 18.2 Å². The minimum Gasteiger partial charge on any atom is -0.399 e. The van der Waals surface area contributed by atoms with Gasteiger partial charge in [0.2, 0.25) is 0 Å². The maximum absolute atomic E-state index is 13.8. The zero-order valence-electron chi connectivity index (χ0n) is 11.8. The largest absolute Gasteiger partial charge is 0.399 e. The van der Waals surface area contributed by atoms with E-state index in [0.29, 0.717) is 11.3 Å². The first-order chi connectivity index (χ1) is 9.90. The molecule has 2 rings (SSSR count). The zero-order valence-corrected chi connectivity index (χ0v) is 11.8. The van der Waals surface area contributed by atoms with Crippen LogP contribution in [0.15, 0.2) is 42.5 Å². The van der Waals surface area contributed by atoms with Crippen molar-refractivity contribution in [3.63, 3.8) is 0 Å². The van der Waals surface area contributed by atoms with E-state index in [1.807, 2.05) is 0 Å². The second-order valence-electron chi connectivity index (χ2n) is 4.88. The highest BCUT2D eigenvalue weighted by molar-refractivity contribution is 5.95. The van der Waals surface area contributed by atoms with E-state index in [1.54, 1.807) is 38.2 Å². The van der Waals surface area contributed by atoms with Crippen molar-refractivity contribution < 1.29 is 13.6 Å². The molecule has 2 aromatic rings. The zero-order chi connectivity index (χ0) is 15.6. The van der Waals surface area contributed by atoms with Crippen LogP contribution in [0.3, 0.4) is 0 Å². The third kappa shape index (κ3) is 3.18. The molecule has 0 heterocycles. The van der Waals surface area contributed by atoms with Crippen LogP contribution >= 0.6 is 0 Å². The third-order valence-corrected chi connectivity index (χ3v) is 3.44. The lowest BCUT2D eigenvalue weighted by Gasteiger charge is -2.26. The average molecular weight is 290 g/mol. The maximum atomic E-state index is 13.8. The van der Waals surface area contributed by atoms with Gasteiger partial charge in [0, 0.05) is 23.9 Å². The van der Waals surface area contributed by atoms with Crippen LogP contribution in [-0.2, 0) is 0 Å². The predicted octanol–water partition coefficient (Wildman–Crippen LogP) is 3.38. The summed E-state index contributed by atoms with van der Waals surface area (Å²) >= 11 is 0. The topological polar surface area (TPSA) is 46.3 Å². The Kier molecular flexibility index (Phi) is 4.21. The summed E-state index contributed by atoms with van der Waals surface area (Å²) in [6.07, 6.45) is 0. The molecule has 1 atom stereocenters. The van der Waals surface area contributed by atoms with Gasteiger partial charge in [0.15, 0.2) is 0 Å². The SMILES string of the molecule is CC(c1cc(F)ccc1F)N(C)C(=O)c1cccc(N)c1. The predicted molar refractivity (Wildman–Crippen MR) is 77.7 cm³/mol. The van der Waals surface area contributed by atoms with E-state index < -0.39 is 17.7 Å². The lowest BCUT2D eigenvalue weighted by Crippen LogP contribution is -2.30. The summed E-state index contributed by atoms with van der Waals surface area (Å²) < 4.78 is 27.0. The molecule has 110 valence electrons. The molecule has 0 aromatic heterocycles. The Morgan fingerprint density at radius 3 is 2.57 bits per heavy atom. The normalized spacial score (nSPS) is 12.0. The molecule has 0 fully saturated rings. The fraction of sp³-hybridized carbons (Fsp3) is 0.188. The summed E-state index contributed by atoms with van der Waals surface area (Å²) in [5.41, 5.74) is 6.66. The quantitative estimate of drug-likeness (QED) is 0.881. The van der Waals surface area contributed by atoms with Crippen LogP contribution < -0.4 is 5.73 Å². The van der Waals surface area contributed by atoms with Gasteiger partial charge in [-0.15, -0.1) is 0 Å². The average Bonchev–Trinajstić information content (AvgIpc) is 2.47. The molecule has 0 aliphatic carbocycles. The number of carbonyl (C=O) groups is 1. The van der Waals surface area contributed by atoms with Crippen molar-refractivity contribution in [2.24, 2.45) is 0 Å². The van der Waals surface area contributed by atoms with Gasteiger partial charge in [-0.1, -0.05) is 6.07 Å². The lowest BCUT2D eigenvalue weighted by molar-refractivity contribution is 0.0740. The molecule has 2 N–H and O–H groups in total. The summed E-state index contributed by atoms with van der Waals surface area (Å²) in [7, 11) is 1.54. The third-order valence-electron chi connectivity index (χ3n) is 3.44. The van der Waals surface area contributed by atoms with Crippen LogP contribution in [0.5, 0.6) is 0 Å². The number of amides is 1. The molecule has 1 unspecified atom stereocenters. The smallest absolute Gasteiger partial charge is 0.254 e. The number of benzene rings is 2. The van der Waals surface area contributed by atoms with E-state index in [4.69, 9.17) is 5.73 Å². The first-order valence-corrected chi connectivity index (χ1v) is 6.48. The number of nitrogens with zero attached hydrogens (tertiary/aromatic N) is 1. The molecule has 21 heavy (non-hydrogen) atoms. The van der Waals surface area contributed by atoms with Crippen molar-refractivity contribution in [2.75, 3.05) is 12.8 Å². The van der Waals surface area contributed by atoms with Gasteiger partial charge < -0.3 is 10.6 Å². The molecule has 2 aromatic carbocycles. The van der Waals surface area contributed by atoms with Crippen molar-refractivity contribution in [2.45, 2.75) is 13.0 Å². The molecule has 5 heteroatoms. The molecule has 0 bridgehead atoms. The summed E-state index contributed by atoms with van der Waals surface area (Å²) in [6, 6.07) is 9.12. The monoisotopic (exact) mass is 290 g/mol. The molecule has 3 nitrogen and oxygen atoms in total. The molecule has 0 saturated carbocycles. The van der Waals surface area contributed by atoms with Crippen molar-refractivity contribution in [1.82, 2.24) is 4.90 Å². The number of hydrogen-bond donors (Lipinski definition) is 1. The number of halogens is 2. The van der Waals surface area contributed by atoms with Crippen LogP contribution in [0.1, 0.15) is 28.9 Å². The van der Waals surface area contributed by atoms with Crippen LogP contribution in [0, 0.1) is 11.6 Å². The van der Waals surface area contributed by atoms with Crippen molar-refractivity contribution in [1.29, 1.82) is 0 Å². The molecule has 0 aliphatic rings. The molecule has 0 spiro atoms. The van der Waals surface area contributed by atoms with Gasteiger partial charge in [-0.3, -0.25) is 4.79 Å². The molecule has 0 radical (unpaired) electrons. The first kappa shape index (κ1) is 15.0. The van der Waals surface area contributed by atoms with Gasteiger partial charge in [-0.25, -0.2) is 8.78 Å². The number of carbonyl (C=O) groups excluding carboxylic acids is 1. The van der Waals surface area contributed by atoms with Gasteiger partial charge in [0.1, 0.15) is 11.6 Å². The highest BCUT2D eigenvalue weighted by Gasteiger charge is 2.21. The molecule has 0 aliphatic heterocycles. The Hall–Kier alpha value is -2.43. The number of nitrogens with two attached hydrogens (primary N) is 1. The fourth-order valence-corrected chi connectivity index (χ4v) is 2.09. The van der Waals surface area contributed by atoms with E-state index in [1.165, 1.54) is 4.90 Å². The van der Waals surface area contributed by atoms with E-state index >= 15 is 0 Å². The van der Waals surface area contributed by atoms with Crippen molar-refractivity contribution in [3.05, 3.63) is 65.2 Å².